The Hall–Kier alpha value is -0.946. The molecule has 0 aliphatic carbocycles. The van der Waals surface area contributed by atoms with Crippen LogP contribution < -0.4 is 0 Å². The van der Waals surface area contributed by atoms with Crippen LogP contribution >= 0.6 is 0 Å². The smallest absolute Gasteiger partial charge is 0.139 e. The third-order valence-electron chi connectivity index (χ3n) is 2.10. The molecular formula is C14H13FNOY-. The number of hydrogen-bond donors (Lipinski definition) is 1. The fourth-order valence-corrected chi connectivity index (χ4v) is 1.44. The first-order valence-corrected chi connectivity index (χ1v) is 4.99. The van der Waals surface area contributed by atoms with E-state index >= 15 is 0 Å². The van der Waals surface area contributed by atoms with Gasteiger partial charge in [-0.05, 0) is 29.7 Å². The number of benzene rings is 2. The molecule has 1 N–H and O–H groups in total. The molecule has 0 heterocycles. The van der Waals surface area contributed by atoms with Crippen LogP contribution in [0.1, 0.15) is 5.56 Å². The zero-order chi connectivity index (χ0) is 12.8. The zero-order valence-electron chi connectivity index (χ0n) is 10.3. The number of nitrogens with zero attached hydrogens (tertiary/aromatic N) is 1. The van der Waals surface area contributed by atoms with Gasteiger partial charge in [-0.25, -0.2) is 4.39 Å². The third kappa shape index (κ3) is 4.06. The summed E-state index contributed by atoms with van der Waals surface area (Å²) in [6.07, 6.45) is 5.20. The van der Waals surface area contributed by atoms with Crippen molar-refractivity contribution in [3.63, 3.8) is 0 Å². The van der Waals surface area contributed by atoms with Gasteiger partial charge >= 0.3 is 0 Å². The first-order chi connectivity index (χ1) is 8.13. The molecule has 2 rings (SSSR count). The number of phenols is 1. The van der Waals surface area contributed by atoms with E-state index in [2.05, 4.69) is 11.2 Å². The summed E-state index contributed by atoms with van der Waals surface area (Å²) in [4.78, 5) is 0. The molecular weight excluding hydrogens is 306 g/mol. The molecule has 0 amide bonds. The second-order valence-corrected chi connectivity index (χ2v) is 3.42. The Bertz CT molecular complexity index is 563. The monoisotopic (exact) mass is 319 g/mol. The van der Waals surface area contributed by atoms with Gasteiger partial charge in [0.15, 0.2) is 0 Å². The fourth-order valence-electron chi connectivity index (χ4n) is 1.44. The summed E-state index contributed by atoms with van der Waals surface area (Å²) in [5.74, 6) is 2.04. The van der Waals surface area contributed by atoms with Gasteiger partial charge in [0.2, 0.25) is 0 Å². The van der Waals surface area contributed by atoms with Crippen LogP contribution in [0.5, 0.6) is 5.75 Å². The Morgan fingerprint density at radius 1 is 1.22 bits per heavy atom. The van der Waals surface area contributed by atoms with Crippen LogP contribution in [-0.2, 0) is 32.7 Å². The second kappa shape index (κ2) is 8.21. The molecule has 18 heavy (non-hydrogen) atoms. The Labute approximate surface area is 131 Å². The normalized spacial score (nSPS) is 8.78. The van der Waals surface area contributed by atoms with Crippen molar-refractivity contribution in [1.82, 2.24) is 0 Å². The Kier molecular flexibility index (Phi) is 7.78. The van der Waals surface area contributed by atoms with Gasteiger partial charge in [-0.3, -0.25) is 0 Å². The number of phenolic OH excluding ortho intramolecular Hbond substituents is 1. The van der Waals surface area contributed by atoms with E-state index in [-0.39, 0.29) is 44.0 Å². The number of aromatic hydroxyl groups is 1. The van der Waals surface area contributed by atoms with Gasteiger partial charge in [-0.15, -0.1) is 6.42 Å². The molecule has 1 radical (unpaired) electrons. The molecule has 0 aliphatic heterocycles. The van der Waals surface area contributed by atoms with Crippen molar-refractivity contribution in [3.05, 3.63) is 47.0 Å². The first-order valence-electron chi connectivity index (χ1n) is 4.99. The van der Waals surface area contributed by atoms with Crippen LogP contribution in [0.15, 0.2) is 30.3 Å². The van der Waals surface area contributed by atoms with E-state index < -0.39 is 5.82 Å². The fraction of sp³-hybridized carbons (Fsp3) is 0.143. The molecule has 0 unspecified atom stereocenters. The van der Waals surface area contributed by atoms with Crippen molar-refractivity contribution in [2.75, 3.05) is 14.1 Å². The molecule has 0 saturated heterocycles. The van der Waals surface area contributed by atoms with Crippen molar-refractivity contribution in [2.45, 2.75) is 0 Å². The average molecular weight is 319 g/mol. The molecule has 0 aromatic heterocycles. The molecule has 91 valence electrons. The summed E-state index contributed by atoms with van der Waals surface area (Å²) >= 11 is 0. The van der Waals surface area contributed by atoms with E-state index in [1.165, 1.54) is 12.1 Å². The quantitative estimate of drug-likeness (QED) is 0.743. The van der Waals surface area contributed by atoms with E-state index in [0.717, 1.165) is 5.39 Å². The second-order valence-electron chi connectivity index (χ2n) is 3.42. The molecule has 0 bridgehead atoms. The third-order valence-corrected chi connectivity index (χ3v) is 2.10. The van der Waals surface area contributed by atoms with Crippen LogP contribution in [0.2, 0.25) is 0 Å². The van der Waals surface area contributed by atoms with Gasteiger partial charge in [0.1, 0.15) is 11.6 Å². The summed E-state index contributed by atoms with van der Waals surface area (Å²) in [7, 11) is 3.50. The summed E-state index contributed by atoms with van der Waals surface area (Å²) in [6.45, 7) is 0. The Balaban J connectivity index is 0.000000660. The van der Waals surface area contributed by atoms with Crippen LogP contribution in [0.4, 0.5) is 4.39 Å². The summed E-state index contributed by atoms with van der Waals surface area (Å²) in [6, 6.07) is 7.54. The largest absolute Gasteiger partial charge is 0.668 e. The van der Waals surface area contributed by atoms with Gasteiger partial charge < -0.3 is 10.4 Å². The van der Waals surface area contributed by atoms with E-state index in [1.807, 2.05) is 0 Å². The maximum Gasteiger partial charge on any atom is 0.139 e. The summed E-state index contributed by atoms with van der Waals surface area (Å²) < 4.78 is 13.2. The minimum absolute atomic E-state index is 0. The predicted octanol–water partition coefficient (Wildman–Crippen LogP) is 3.28. The van der Waals surface area contributed by atoms with E-state index in [4.69, 9.17) is 6.42 Å². The maximum absolute atomic E-state index is 13.2. The van der Waals surface area contributed by atoms with E-state index in [9.17, 15) is 9.50 Å². The van der Waals surface area contributed by atoms with Gasteiger partial charge in [0.25, 0.3) is 0 Å². The predicted molar refractivity (Wildman–Crippen MR) is 68.7 cm³/mol. The number of terminal acetylenes is 1. The van der Waals surface area contributed by atoms with Crippen LogP contribution in [0, 0.1) is 18.2 Å². The minimum atomic E-state index is -0.411. The standard InChI is InChI=1S/C12H7FO.C2H6N.Y/c1-2-10-11-5-4-9(14)7-8(11)3-6-12(10)13;1-3-2;/h1,3-7,14H;1-2H3;/q;-1;. The molecule has 0 aliphatic rings. The van der Waals surface area contributed by atoms with Crippen molar-refractivity contribution < 1.29 is 42.2 Å². The van der Waals surface area contributed by atoms with Gasteiger partial charge in [0.05, 0.1) is 5.56 Å². The summed E-state index contributed by atoms with van der Waals surface area (Å²) in [5.41, 5.74) is 0.238. The number of hydrogen-bond acceptors (Lipinski definition) is 1. The van der Waals surface area contributed by atoms with Crippen LogP contribution in [0.25, 0.3) is 16.1 Å². The molecule has 2 aromatic carbocycles. The summed E-state index contributed by atoms with van der Waals surface area (Å²) in [5, 5.41) is 14.1. The Morgan fingerprint density at radius 3 is 2.39 bits per heavy atom. The molecule has 4 heteroatoms. The topological polar surface area (TPSA) is 34.3 Å². The molecule has 0 atom stereocenters. The number of halogens is 1. The van der Waals surface area contributed by atoms with Crippen molar-refractivity contribution >= 4 is 10.8 Å². The Morgan fingerprint density at radius 2 is 1.83 bits per heavy atom. The minimum Gasteiger partial charge on any atom is -0.668 e. The molecule has 0 saturated carbocycles. The molecule has 2 aromatic rings. The zero-order valence-corrected chi connectivity index (χ0v) is 13.2. The van der Waals surface area contributed by atoms with Crippen LogP contribution in [0.3, 0.4) is 0 Å². The van der Waals surface area contributed by atoms with E-state index in [1.54, 1.807) is 32.3 Å². The first kappa shape index (κ1) is 17.1. The molecule has 0 fully saturated rings. The molecule has 0 spiro atoms. The van der Waals surface area contributed by atoms with Crippen LogP contribution in [-0.4, -0.2) is 19.2 Å². The average Bonchev–Trinajstić information content (AvgIpc) is 2.30. The molecule has 2 nitrogen and oxygen atoms in total. The van der Waals surface area contributed by atoms with Gasteiger partial charge in [-0.2, -0.15) is 14.1 Å². The number of fused-ring (bicyclic) bond motifs is 1. The van der Waals surface area contributed by atoms with Crippen molar-refractivity contribution in [2.24, 2.45) is 0 Å². The number of rotatable bonds is 0. The van der Waals surface area contributed by atoms with Crippen molar-refractivity contribution in [3.8, 4) is 18.1 Å². The SMILES string of the molecule is C#Cc1c(F)ccc2cc(O)ccc12.C[N-]C.[Y]. The van der Waals surface area contributed by atoms with E-state index in [0.29, 0.717) is 5.39 Å². The maximum atomic E-state index is 13.2. The van der Waals surface area contributed by atoms with Crippen molar-refractivity contribution in [1.29, 1.82) is 0 Å². The van der Waals surface area contributed by atoms with Gasteiger partial charge in [0, 0.05) is 38.1 Å². The van der Waals surface area contributed by atoms with Gasteiger partial charge in [-0.1, -0.05) is 12.0 Å².